The Balaban J connectivity index is 2.20. The van der Waals surface area contributed by atoms with E-state index in [1.807, 2.05) is 13.8 Å². The third-order valence-corrected chi connectivity index (χ3v) is 3.29. The SMILES string of the molecule is CC(C)[C@@H](CO)Nc1nc(-c2cc(Cl)cc(Cl)c2)no1. The number of aromatic nitrogens is 2. The van der Waals surface area contributed by atoms with Crippen LogP contribution in [0.1, 0.15) is 13.8 Å². The normalized spacial score (nSPS) is 12.7. The van der Waals surface area contributed by atoms with Crippen molar-refractivity contribution < 1.29 is 9.63 Å². The number of aliphatic hydroxyl groups is 1. The second-order valence-corrected chi connectivity index (χ2v) is 5.63. The molecule has 0 amide bonds. The number of anilines is 1. The summed E-state index contributed by atoms with van der Waals surface area (Å²) in [6, 6.07) is 5.14. The number of benzene rings is 1. The maximum atomic E-state index is 9.27. The molecule has 20 heavy (non-hydrogen) atoms. The van der Waals surface area contributed by atoms with E-state index in [1.54, 1.807) is 18.2 Å². The number of hydrogen-bond acceptors (Lipinski definition) is 5. The first-order chi connectivity index (χ1) is 9.49. The summed E-state index contributed by atoms with van der Waals surface area (Å²) >= 11 is 11.9. The van der Waals surface area contributed by atoms with Gasteiger partial charge in [0.2, 0.25) is 5.82 Å². The van der Waals surface area contributed by atoms with E-state index in [1.165, 1.54) is 0 Å². The molecule has 0 fully saturated rings. The molecule has 0 aliphatic carbocycles. The standard InChI is InChI=1S/C13H15Cl2N3O2/c1-7(2)11(6-19)16-13-17-12(18-20-13)8-3-9(14)5-10(15)4-8/h3-5,7,11,19H,6H2,1-2H3,(H,16,17,18)/t11-/m1/s1. The molecule has 0 aliphatic rings. The summed E-state index contributed by atoms with van der Waals surface area (Å²) in [6.07, 6.45) is 0. The zero-order valence-electron chi connectivity index (χ0n) is 11.1. The highest BCUT2D eigenvalue weighted by molar-refractivity contribution is 6.35. The first kappa shape index (κ1) is 15.1. The summed E-state index contributed by atoms with van der Waals surface area (Å²) in [5, 5.41) is 17.1. The van der Waals surface area contributed by atoms with Crippen LogP contribution in [0.2, 0.25) is 10.0 Å². The molecule has 7 heteroatoms. The topological polar surface area (TPSA) is 71.2 Å². The van der Waals surface area contributed by atoms with Gasteiger partial charge in [-0.25, -0.2) is 0 Å². The van der Waals surface area contributed by atoms with Crippen molar-refractivity contribution in [3.05, 3.63) is 28.2 Å². The van der Waals surface area contributed by atoms with Crippen molar-refractivity contribution in [2.45, 2.75) is 19.9 Å². The van der Waals surface area contributed by atoms with Crippen LogP contribution >= 0.6 is 23.2 Å². The molecule has 1 aromatic heterocycles. The van der Waals surface area contributed by atoms with Crippen molar-refractivity contribution in [3.8, 4) is 11.4 Å². The average molecular weight is 316 g/mol. The van der Waals surface area contributed by atoms with Crippen molar-refractivity contribution in [1.29, 1.82) is 0 Å². The molecule has 2 N–H and O–H groups in total. The lowest BCUT2D eigenvalue weighted by Crippen LogP contribution is -2.29. The summed E-state index contributed by atoms with van der Waals surface area (Å²) in [7, 11) is 0. The van der Waals surface area contributed by atoms with Gasteiger partial charge >= 0.3 is 6.01 Å². The Labute approximate surface area is 126 Å². The van der Waals surface area contributed by atoms with Gasteiger partial charge in [-0.3, -0.25) is 0 Å². The van der Waals surface area contributed by atoms with E-state index in [0.29, 0.717) is 21.4 Å². The van der Waals surface area contributed by atoms with Gasteiger partial charge in [-0.15, -0.1) is 0 Å². The molecule has 0 radical (unpaired) electrons. The van der Waals surface area contributed by atoms with E-state index in [2.05, 4.69) is 15.5 Å². The summed E-state index contributed by atoms with van der Waals surface area (Å²) < 4.78 is 5.11. The molecule has 1 aromatic carbocycles. The molecule has 0 unspecified atom stereocenters. The van der Waals surface area contributed by atoms with E-state index >= 15 is 0 Å². The number of hydrogen-bond donors (Lipinski definition) is 2. The van der Waals surface area contributed by atoms with E-state index in [4.69, 9.17) is 27.7 Å². The second kappa shape index (κ2) is 6.43. The zero-order valence-corrected chi connectivity index (χ0v) is 12.6. The summed E-state index contributed by atoms with van der Waals surface area (Å²) in [5.41, 5.74) is 0.671. The van der Waals surface area contributed by atoms with E-state index in [9.17, 15) is 5.11 Å². The zero-order chi connectivity index (χ0) is 14.7. The molecule has 0 saturated heterocycles. The smallest absolute Gasteiger partial charge is 0.322 e. The highest BCUT2D eigenvalue weighted by Crippen LogP contribution is 2.26. The van der Waals surface area contributed by atoms with E-state index in [-0.39, 0.29) is 24.6 Å². The van der Waals surface area contributed by atoms with Crippen molar-refractivity contribution in [1.82, 2.24) is 10.1 Å². The highest BCUT2D eigenvalue weighted by Gasteiger charge is 2.16. The van der Waals surface area contributed by atoms with Gasteiger partial charge < -0.3 is 14.9 Å². The van der Waals surface area contributed by atoms with Crippen LogP contribution in [0.25, 0.3) is 11.4 Å². The minimum Gasteiger partial charge on any atom is -0.394 e. The van der Waals surface area contributed by atoms with Crippen molar-refractivity contribution in [2.24, 2.45) is 5.92 Å². The fourth-order valence-corrected chi connectivity index (χ4v) is 2.19. The molecule has 2 aromatic rings. The predicted molar refractivity (Wildman–Crippen MR) is 79.1 cm³/mol. The largest absolute Gasteiger partial charge is 0.394 e. The van der Waals surface area contributed by atoms with Gasteiger partial charge in [-0.1, -0.05) is 42.2 Å². The van der Waals surface area contributed by atoms with Crippen molar-refractivity contribution >= 4 is 29.2 Å². The molecule has 0 bridgehead atoms. The van der Waals surface area contributed by atoms with Gasteiger partial charge in [-0.2, -0.15) is 4.98 Å². The molecule has 0 saturated carbocycles. The molecule has 108 valence electrons. The quantitative estimate of drug-likeness (QED) is 0.884. The van der Waals surface area contributed by atoms with Gasteiger partial charge in [-0.05, 0) is 24.1 Å². The van der Waals surface area contributed by atoms with Gasteiger partial charge in [0.1, 0.15) is 0 Å². The summed E-state index contributed by atoms with van der Waals surface area (Å²) in [6.45, 7) is 3.96. The van der Waals surface area contributed by atoms with Crippen molar-refractivity contribution in [2.75, 3.05) is 11.9 Å². The van der Waals surface area contributed by atoms with E-state index < -0.39 is 0 Å². The maximum absolute atomic E-state index is 9.27. The van der Waals surface area contributed by atoms with Gasteiger partial charge in [0, 0.05) is 15.6 Å². The lowest BCUT2D eigenvalue weighted by Gasteiger charge is -2.17. The minimum atomic E-state index is -0.147. The van der Waals surface area contributed by atoms with Gasteiger partial charge in [0.05, 0.1) is 12.6 Å². The number of halogens is 2. The Bertz CT molecular complexity index is 566. The van der Waals surface area contributed by atoms with Crippen LogP contribution in [0.4, 0.5) is 6.01 Å². The second-order valence-electron chi connectivity index (χ2n) is 4.76. The Morgan fingerprint density at radius 2 is 1.90 bits per heavy atom. The van der Waals surface area contributed by atoms with Crippen LogP contribution in [-0.2, 0) is 0 Å². The third-order valence-electron chi connectivity index (χ3n) is 2.86. The molecule has 0 spiro atoms. The minimum absolute atomic E-state index is 0.0155. The molecule has 5 nitrogen and oxygen atoms in total. The number of nitrogens with one attached hydrogen (secondary N) is 1. The Kier molecular flexibility index (Phi) is 4.86. The molecule has 2 rings (SSSR count). The van der Waals surface area contributed by atoms with Crippen LogP contribution < -0.4 is 5.32 Å². The monoisotopic (exact) mass is 315 g/mol. The maximum Gasteiger partial charge on any atom is 0.322 e. The van der Waals surface area contributed by atoms with E-state index in [0.717, 1.165) is 0 Å². The number of nitrogens with zero attached hydrogens (tertiary/aromatic N) is 2. The molecular weight excluding hydrogens is 301 g/mol. The number of aliphatic hydroxyl groups excluding tert-OH is 1. The van der Waals surface area contributed by atoms with Crippen LogP contribution in [0.5, 0.6) is 0 Å². The Hall–Kier alpha value is -1.30. The van der Waals surface area contributed by atoms with Crippen LogP contribution in [0, 0.1) is 5.92 Å². The average Bonchev–Trinajstić information content (AvgIpc) is 2.83. The Morgan fingerprint density at radius 1 is 1.25 bits per heavy atom. The fraction of sp³-hybridized carbons (Fsp3) is 0.385. The molecular formula is C13H15Cl2N3O2. The van der Waals surface area contributed by atoms with Crippen LogP contribution in [0.3, 0.4) is 0 Å². The fourth-order valence-electron chi connectivity index (χ4n) is 1.66. The first-order valence-electron chi connectivity index (χ1n) is 6.17. The lowest BCUT2D eigenvalue weighted by molar-refractivity contribution is 0.245. The third kappa shape index (κ3) is 3.62. The first-order valence-corrected chi connectivity index (χ1v) is 6.92. The molecule has 1 heterocycles. The van der Waals surface area contributed by atoms with Crippen LogP contribution in [-0.4, -0.2) is 27.9 Å². The molecule has 0 aliphatic heterocycles. The van der Waals surface area contributed by atoms with Crippen LogP contribution in [0.15, 0.2) is 22.7 Å². The molecule has 1 atom stereocenters. The predicted octanol–water partition coefficient (Wildman–Crippen LogP) is 3.47. The van der Waals surface area contributed by atoms with Gasteiger partial charge in [0.15, 0.2) is 0 Å². The summed E-state index contributed by atoms with van der Waals surface area (Å²) in [5.74, 6) is 0.619. The van der Waals surface area contributed by atoms with Crippen molar-refractivity contribution in [3.63, 3.8) is 0 Å². The highest BCUT2D eigenvalue weighted by atomic mass is 35.5. The number of rotatable bonds is 5. The summed E-state index contributed by atoms with van der Waals surface area (Å²) in [4.78, 5) is 4.22. The Morgan fingerprint density at radius 3 is 2.45 bits per heavy atom. The lowest BCUT2D eigenvalue weighted by atomic mass is 10.1. The van der Waals surface area contributed by atoms with Gasteiger partial charge in [0.25, 0.3) is 0 Å².